The number of ether oxygens (including phenoxy) is 2. The molecule has 0 saturated carbocycles. The minimum atomic E-state index is -0.700. The number of esters is 2. The zero-order valence-electron chi connectivity index (χ0n) is 16.8. The lowest BCUT2D eigenvalue weighted by molar-refractivity contribution is -0.383. The van der Waals surface area contributed by atoms with Gasteiger partial charge in [-0.1, -0.05) is 15.9 Å². The Hall–Kier alpha value is -4.06. The van der Waals surface area contributed by atoms with Crippen LogP contribution in [-0.4, -0.2) is 41.0 Å². The van der Waals surface area contributed by atoms with Crippen molar-refractivity contribution in [2.24, 2.45) is 0 Å². The van der Waals surface area contributed by atoms with Gasteiger partial charge in [-0.3, -0.25) is 10.1 Å². The number of rotatable bonds is 7. The van der Waals surface area contributed by atoms with Crippen molar-refractivity contribution >= 4 is 56.6 Å². The molecule has 0 aliphatic heterocycles. The lowest BCUT2D eigenvalue weighted by Gasteiger charge is -2.12. The maximum atomic E-state index is 12.0. The topological polar surface area (TPSA) is 146 Å². The number of halogens is 1. The van der Waals surface area contributed by atoms with Gasteiger partial charge in [-0.2, -0.15) is 0 Å². The number of methoxy groups -OCH3 is 2. The van der Waals surface area contributed by atoms with Crippen LogP contribution in [0.2, 0.25) is 0 Å². The fourth-order valence-corrected chi connectivity index (χ4v) is 2.98. The fraction of sp³-hybridized carbons (Fsp3) is 0.100. The zero-order chi connectivity index (χ0) is 23.3. The molecule has 3 aromatic rings. The van der Waals surface area contributed by atoms with Gasteiger partial charge in [0, 0.05) is 15.8 Å². The van der Waals surface area contributed by atoms with E-state index in [4.69, 9.17) is 9.47 Å². The van der Waals surface area contributed by atoms with Crippen LogP contribution in [0.3, 0.4) is 0 Å². The summed E-state index contributed by atoms with van der Waals surface area (Å²) in [5.74, 6) is -1.60. The van der Waals surface area contributed by atoms with Gasteiger partial charge >= 0.3 is 17.6 Å². The normalized spacial score (nSPS) is 10.2. The summed E-state index contributed by atoms with van der Waals surface area (Å²) in [6, 6.07) is 11.0. The van der Waals surface area contributed by atoms with Crippen molar-refractivity contribution in [2.45, 2.75) is 0 Å². The van der Waals surface area contributed by atoms with E-state index in [1.165, 1.54) is 32.4 Å². The third kappa shape index (κ3) is 5.16. The van der Waals surface area contributed by atoms with Crippen molar-refractivity contribution in [3.63, 3.8) is 0 Å². The molecule has 12 heteroatoms. The fourth-order valence-electron chi connectivity index (χ4n) is 2.71. The minimum Gasteiger partial charge on any atom is -0.465 e. The number of hydrogen-bond acceptors (Lipinski definition) is 10. The van der Waals surface area contributed by atoms with Gasteiger partial charge in [0.2, 0.25) is 11.6 Å². The second kappa shape index (κ2) is 9.83. The number of anilines is 4. The van der Waals surface area contributed by atoms with Gasteiger partial charge in [0.05, 0.1) is 30.3 Å². The molecule has 2 N–H and O–H groups in total. The maximum absolute atomic E-state index is 12.0. The average Bonchev–Trinajstić information content (AvgIpc) is 2.79. The molecule has 0 atom stereocenters. The average molecular weight is 502 g/mol. The first-order chi connectivity index (χ1) is 15.3. The summed E-state index contributed by atoms with van der Waals surface area (Å²) >= 11 is 3.32. The Morgan fingerprint density at radius 1 is 0.906 bits per heavy atom. The number of aromatic nitrogens is 2. The van der Waals surface area contributed by atoms with Crippen LogP contribution in [0, 0.1) is 10.1 Å². The first-order valence-electron chi connectivity index (χ1n) is 8.93. The Kier molecular flexibility index (Phi) is 6.95. The first-order valence-corrected chi connectivity index (χ1v) is 9.72. The van der Waals surface area contributed by atoms with Crippen molar-refractivity contribution < 1.29 is 24.0 Å². The van der Waals surface area contributed by atoms with Crippen LogP contribution < -0.4 is 10.6 Å². The number of nitrogens with zero attached hydrogens (tertiary/aromatic N) is 3. The summed E-state index contributed by atoms with van der Waals surface area (Å²) in [5.41, 5.74) is 0.412. The zero-order valence-corrected chi connectivity index (χ0v) is 18.4. The van der Waals surface area contributed by atoms with E-state index >= 15 is 0 Å². The van der Waals surface area contributed by atoms with E-state index in [0.29, 0.717) is 5.69 Å². The number of nitro groups is 1. The van der Waals surface area contributed by atoms with Gasteiger partial charge < -0.3 is 20.1 Å². The predicted octanol–water partition coefficient (Wildman–Crippen LogP) is 4.21. The molecule has 0 unspecified atom stereocenters. The largest absolute Gasteiger partial charge is 0.465 e. The highest BCUT2D eigenvalue weighted by Crippen LogP contribution is 2.33. The third-order valence-electron chi connectivity index (χ3n) is 4.15. The molecule has 0 aliphatic rings. The minimum absolute atomic E-state index is 0.0443. The number of hydrogen-bond donors (Lipinski definition) is 2. The molecule has 0 fully saturated rings. The van der Waals surface area contributed by atoms with Crippen molar-refractivity contribution in [3.8, 4) is 0 Å². The van der Waals surface area contributed by atoms with Crippen molar-refractivity contribution in [1.82, 2.24) is 9.97 Å². The summed E-state index contributed by atoms with van der Waals surface area (Å²) in [6.45, 7) is 0. The smallest absolute Gasteiger partial charge is 0.353 e. The summed E-state index contributed by atoms with van der Waals surface area (Å²) in [7, 11) is 2.38. The summed E-state index contributed by atoms with van der Waals surface area (Å²) in [5, 5.41) is 17.5. The molecule has 11 nitrogen and oxygen atoms in total. The monoisotopic (exact) mass is 501 g/mol. The van der Waals surface area contributed by atoms with Crippen molar-refractivity contribution in [1.29, 1.82) is 0 Å². The third-order valence-corrected chi connectivity index (χ3v) is 4.68. The second-order valence-electron chi connectivity index (χ2n) is 6.22. The van der Waals surface area contributed by atoms with E-state index < -0.39 is 22.5 Å². The standard InChI is InChI=1S/C20H16BrN5O6/c1-31-19(27)11-7-12(20(28)32-2)9-15(8-11)25-18-16(26(29)30)17(22-10-23-18)24-14-5-3-13(21)4-6-14/h3-10H,1-2H3,(H2,22,23,24,25). The lowest BCUT2D eigenvalue weighted by atomic mass is 10.1. The quantitative estimate of drug-likeness (QED) is 0.274. The van der Waals surface area contributed by atoms with Crippen LogP contribution >= 0.6 is 15.9 Å². The Morgan fingerprint density at radius 3 is 1.88 bits per heavy atom. The van der Waals surface area contributed by atoms with Crippen LogP contribution in [-0.2, 0) is 9.47 Å². The van der Waals surface area contributed by atoms with Gasteiger partial charge in [-0.05, 0) is 42.5 Å². The highest BCUT2D eigenvalue weighted by molar-refractivity contribution is 9.10. The van der Waals surface area contributed by atoms with Gasteiger partial charge in [-0.15, -0.1) is 0 Å². The Morgan fingerprint density at radius 2 is 1.41 bits per heavy atom. The number of carbonyl (C=O) groups excluding carboxylic acids is 2. The molecule has 0 aliphatic carbocycles. The Balaban J connectivity index is 2.03. The molecule has 1 aromatic heterocycles. The van der Waals surface area contributed by atoms with Crippen molar-refractivity contribution in [2.75, 3.05) is 24.9 Å². The summed E-state index contributed by atoms with van der Waals surface area (Å²) < 4.78 is 10.2. The maximum Gasteiger partial charge on any atom is 0.353 e. The van der Waals surface area contributed by atoms with Crippen LogP contribution in [0.15, 0.2) is 53.3 Å². The predicted molar refractivity (Wildman–Crippen MR) is 119 cm³/mol. The molecule has 32 heavy (non-hydrogen) atoms. The molecule has 164 valence electrons. The Bertz CT molecular complexity index is 1150. The summed E-state index contributed by atoms with van der Waals surface area (Å²) in [6.07, 6.45) is 1.14. The molecule has 1 heterocycles. The number of nitrogens with one attached hydrogen (secondary N) is 2. The molecule has 0 amide bonds. The molecule has 0 bridgehead atoms. The van der Waals surface area contributed by atoms with Crippen LogP contribution in [0.5, 0.6) is 0 Å². The molecule has 2 aromatic carbocycles. The van der Waals surface area contributed by atoms with E-state index in [2.05, 4.69) is 36.5 Å². The van der Waals surface area contributed by atoms with Crippen LogP contribution in [0.4, 0.5) is 28.7 Å². The lowest BCUT2D eigenvalue weighted by Crippen LogP contribution is -2.09. The SMILES string of the molecule is COC(=O)c1cc(Nc2ncnc(Nc3ccc(Br)cc3)c2[N+](=O)[O-])cc(C(=O)OC)c1. The van der Waals surface area contributed by atoms with E-state index in [-0.39, 0.29) is 28.5 Å². The van der Waals surface area contributed by atoms with E-state index in [1.807, 2.05) is 0 Å². The van der Waals surface area contributed by atoms with Crippen molar-refractivity contribution in [3.05, 3.63) is 74.5 Å². The van der Waals surface area contributed by atoms with Gasteiger partial charge in [0.1, 0.15) is 6.33 Å². The molecule has 3 rings (SSSR count). The molecular weight excluding hydrogens is 486 g/mol. The Labute approximate surface area is 190 Å². The van der Waals surface area contributed by atoms with Gasteiger partial charge in [-0.25, -0.2) is 19.6 Å². The molecule has 0 saturated heterocycles. The molecular formula is C20H16BrN5O6. The highest BCUT2D eigenvalue weighted by atomic mass is 79.9. The van der Waals surface area contributed by atoms with Crippen LogP contribution in [0.25, 0.3) is 0 Å². The second-order valence-corrected chi connectivity index (χ2v) is 7.13. The number of carbonyl (C=O) groups is 2. The highest BCUT2D eigenvalue weighted by Gasteiger charge is 2.24. The van der Waals surface area contributed by atoms with Gasteiger partial charge in [0.15, 0.2) is 0 Å². The van der Waals surface area contributed by atoms with E-state index in [0.717, 1.165) is 10.8 Å². The summed E-state index contributed by atoms with van der Waals surface area (Å²) in [4.78, 5) is 43.1. The van der Waals surface area contributed by atoms with E-state index in [9.17, 15) is 19.7 Å². The van der Waals surface area contributed by atoms with Crippen LogP contribution in [0.1, 0.15) is 20.7 Å². The van der Waals surface area contributed by atoms with E-state index in [1.54, 1.807) is 24.3 Å². The first kappa shape index (κ1) is 22.6. The molecule has 0 radical (unpaired) electrons. The number of benzene rings is 2. The molecule has 0 spiro atoms. The van der Waals surface area contributed by atoms with Gasteiger partial charge in [0.25, 0.3) is 0 Å².